The molecule has 0 bridgehead atoms. The van der Waals surface area contributed by atoms with Crippen LogP contribution in [0.3, 0.4) is 0 Å². The Labute approximate surface area is 161 Å². The fourth-order valence-electron chi connectivity index (χ4n) is 2.72. The minimum Gasteiger partial charge on any atom is -0.332 e. The van der Waals surface area contributed by atoms with Gasteiger partial charge >= 0.3 is 0 Å². The van der Waals surface area contributed by atoms with Gasteiger partial charge in [0, 0.05) is 29.9 Å². The van der Waals surface area contributed by atoms with Gasteiger partial charge in [-0.3, -0.25) is 9.59 Å². The number of aromatic nitrogens is 3. The van der Waals surface area contributed by atoms with Crippen LogP contribution in [0.1, 0.15) is 22.8 Å². The Morgan fingerprint density at radius 1 is 1.22 bits per heavy atom. The molecule has 0 aliphatic rings. The van der Waals surface area contributed by atoms with E-state index in [1.807, 2.05) is 26.0 Å². The number of nitrogens with zero attached hydrogens (tertiary/aromatic N) is 4. The van der Waals surface area contributed by atoms with Gasteiger partial charge in [0.1, 0.15) is 5.52 Å². The van der Waals surface area contributed by atoms with E-state index in [0.717, 1.165) is 11.1 Å². The number of fused-ring (bicyclic) bond motifs is 1. The van der Waals surface area contributed by atoms with Crippen LogP contribution in [0.4, 0.5) is 5.69 Å². The summed E-state index contributed by atoms with van der Waals surface area (Å²) in [7, 11) is 1.58. The van der Waals surface area contributed by atoms with Gasteiger partial charge in [0.15, 0.2) is 0 Å². The molecule has 140 valence electrons. The Balaban J connectivity index is 1.67. The monoisotopic (exact) mass is 385 g/mol. The maximum absolute atomic E-state index is 12.6. The molecule has 2 aromatic carbocycles. The number of nitrogens with one attached hydrogen (secondary N) is 1. The van der Waals surface area contributed by atoms with Crippen LogP contribution in [0, 0.1) is 6.92 Å². The summed E-state index contributed by atoms with van der Waals surface area (Å²) in [5, 5.41) is 11.4. The zero-order valence-corrected chi connectivity index (χ0v) is 16.1. The number of carbonyl (C=O) groups is 2. The van der Waals surface area contributed by atoms with Crippen molar-refractivity contribution in [2.24, 2.45) is 0 Å². The number of hydrogen-bond acceptors (Lipinski definition) is 4. The highest BCUT2D eigenvalue weighted by Crippen LogP contribution is 2.20. The van der Waals surface area contributed by atoms with Gasteiger partial charge < -0.3 is 10.2 Å². The van der Waals surface area contributed by atoms with E-state index in [1.54, 1.807) is 36.0 Å². The van der Waals surface area contributed by atoms with Crippen molar-refractivity contribution in [3.63, 3.8) is 0 Å². The second-order valence-electron chi connectivity index (χ2n) is 6.28. The third-order valence-corrected chi connectivity index (χ3v) is 4.65. The summed E-state index contributed by atoms with van der Waals surface area (Å²) in [5.74, 6) is -0.566. The van der Waals surface area contributed by atoms with Gasteiger partial charge in [-0.1, -0.05) is 22.9 Å². The fourth-order valence-corrected chi connectivity index (χ4v) is 2.90. The lowest BCUT2D eigenvalue weighted by molar-refractivity contribution is -0.116. The van der Waals surface area contributed by atoms with Crippen molar-refractivity contribution in [3.8, 4) is 0 Å². The highest BCUT2D eigenvalue weighted by molar-refractivity contribution is 6.31. The number of benzene rings is 2. The molecule has 0 fully saturated rings. The van der Waals surface area contributed by atoms with Crippen molar-refractivity contribution < 1.29 is 9.59 Å². The molecular formula is C19H20ClN5O2. The number of rotatable bonds is 5. The van der Waals surface area contributed by atoms with Gasteiger partial charge in [0.25, 0.3) is 5.91 Å². The van der Waals surface area contributed by atoms with E-state index in [1.165, 1.54) is 4.90 Å². The maximum atomic E-state index is 12.6. The van der Waals surface area contributed by atoms with E-state index in [2.05, 4.69) is 15.6 Å². The molecule has 0 unspecified atom stereocenters. The van der Waals surface area contributed by atoms with E-state index in [-0.39, 0.29) is 18.4 Å². The summed E-state index contributed by atoms with van der Waals surface area (Å²) in [4.78, 5) is 26.2. The zero-order chi connectivity index (χ0) is 19.6. The summed E-state index contributed by atoms with van der Waals surface area (Å²) in [6.07, 6.45) is 0. The number of amides is 2. The molecule has 1 heterocycles. The molecule has 0 saturated carbocycles. The van der Waals surface area contributed by atoms with Gasteiger partial charge in [0.2, 0.25) is 5.91 Å². The normalized spacial score (nSPS) is 10.8. The van der Waals surface area contributed by atoms with Crippen molar-refractivity contribution in [3.05, 3.63) is 52.5 Å². The smallest absolute Gasteiger partial charge is 0.254 e. The van der Waals surface area contributed by atoms with Gasteiger partial charge in [-0.25, -0.2) is 4.68 Å². The van der Waals surface area contributed by atoms with E-state index < -0.39 is 0 Å². The molecule has 0 atom stereocenters. The van der Waals surface area contributed by atoms with Crippen molar-refractivity contribution in [1.29, 1.82) is 0 Å². The van der Waals surface area contributed by atoms with Gasteiger partial charge in [-0.15, -0.1) is 5.10 Å². The van der Waals surface area contributed by atoms with Gasteiger partial charge in [0.05, 0.1) is 12.1 Å². The van der Waals surface area contributed by atoms with Crippen LogP contribution in [0.5, 0.6) is 0 Å². The van der Waals surface area contributed by atoms with Crippen LogP contribution < -0.4 is 5.32 Å². The van der Waals surface area contributed by atoms with E-state index in [4.69, 9.17) is 11.6 Å². The van der Waals surface area contributed by atoms with Crippen molar-refractivity contribution in [1.82, 2.24) is 19.9 Å². The van der Waals surface area contributed by atoms with E-state index in [9.17, 15) is 9.59 Å². The summed E-state index contributed by atoms with van der Waals surface area (Å²) < 4.78 is 1.76. The summed E-state index contributed by atoms with van der Waals surface area (Å²) >= 11 is 6.06. The van der Waals surface area contributed by atoms with Crippen LogP contribution in [0.15, 0.2) is 36.4 Å². The van der Waals surface area contributed by atoms with E-state index in [0.29, 0.717) is 28.3 Å². The largest absolute Gasteiger partial charge is 0.332 e. The summed E-state index contributed by atoms with van der Waals surface area (Å²) in [5.41, 5.74) is 3.49. The Morgan fingerprint density at radius 3 is 2.70 bits per heavy atom. The van der Waals surface area contributed by atoms with Crippen molar-refractivity contribution in [2.75, 3.05) is 18.9 Å². The number of aryl methyl sites for hydroxylation is 2. The predicted octanol–water partition coefficient (Wildman–Crippen LogP) is 3.12. The predicted molar refractivity (Wildman–Crippen MR) is 105 cm³/mol. The number of anilines is 1. The quantitative estimate of drug-likeness (QED) is 0.731. The maximum Gasteiger partial charge on any atom is 0.254 e. The summed E-state index contributed by atoms with van der Waals surface area (Å²) in [6.45, 7) is 4.48. The first-order chi connectivity index (χ1) is 12.9. The third kappa shape index (κ3) is 4.09. The SMILES string of the molecule is CCn1nnc2cc(C(=O)N(C)CC(=O)Nc3ccc(C)c(Cl)c3)ccc21. The number of carbonyl (C=O) groups excluding carboxylic acids is 2. The molecule has 3 aromatic rings. The Morgan fingerprint density at radius 2 is 2.00 bits per heavy atom. The highest BCUT2D eigenvalue weighted by atomic mass is 35.5. The first-order valence-electron chi connectivity index (χ1n) is 8.53. The number of halogens is 1. The van der Waals surface area contributed by atoms with Crippen molar-refractivity contribution in [2.45, 2.75) is 20.4 Å². The molecule has 27 heavy (non-hydrogen) atoms. The molecule has 2 amide bonds. The molecule has 3 rings (SSSR count). The first-order valence-corrected chi connectivity index (χ1v) is 8.91. The van der Waals surface area contributed by atoms with Crippen LogP contribution in [0.25, 0.3) is 11.0 Å². The Kier molecular flexibility index (Phi) is 5.41. The Hall–Kier alpha value is -2.93. The van der Waals surface area contributed by atoms with Crippen LogP contribution in [-0.2, 0) is 11.3 Å². The summed E-state index contributed by atoms with van der Waals surface area (Å²) in [6, 6.07) is 10.5. The molecule has 0 saturated heterocycles. The first kappa shape index (κ1) is 18.8. The number of likely N-dealkylation sites (N-methyl/N-ethyl adjacent to an activating group) is 1. The van der Waals surface area contributed by atoms with Crippen LogP contribution >= 0.6 is 11.6 Å². The molecule has 8 heteroatoms. The number of hydrogen-bond donors (Lipinski definition) is 1. The molecular weight excluding hydrogens is 366 g/mol. The molecule has 1 N–H and O–H groups in total. The highest BCUT2D eigenvalue weighted by Gasteiger charge is 2.17. The van der Waals surface area contributed by atoms with Crippen LogP contribution in [0.2, 0.25) is 5.02 Å². The molecule has 0 aliphatic heterocycles. The van der Waals surface area contributed by atoms with E-state index >= 15 is 0 Å². The fraction of sp³-hybridized carbons (Fsp3) is 0.263. The second kappa shape index (κ2) is 7.75. The molecule has 0 aliphatic carbocycles. The molecule has 1 aromatic heterocycles. The lowest BCUT2D eigenvalue weighted by atomic mass is 10.1. The Bertz CT molecular complexity index is 1010. The minimum absolute atomic E-state index is 0.0793. The lowest BCUT2D eigenvalue weighted by Gasteiger charge is -2.17. The average molecular weight is 386 g/mol. The van der Waals surface area contributed by atoms with Crippen molar-refractivity contribution >= 4 is 40.1 Å². The molecule has 0 spiro atoms. The van der Waals surface area contributed by atoms with Gasteiger partial charge in [-0.2, -0.15) is 0 Å². The zero-order valence-electron chi connectivity index (χ0n) is 15.4. The molecule has 7 nitrogen and oxygen atoms in total. The standard InChI is InChI=1S/C19H20ClN5O2/c1-4-25-17-8-6-13(9-16(17)22-23-25)19(27)24(3)11-18(26)21-14-7-5-12(2)15(20)10-14/h5-10H,4,11H2,1-3H3,(H,21,26). The molecule has 0 radical (unpaired) electrons. The second-order valence-corrected chi connectivity index (χ2v) is 6.69. The third-order valence-electron chi connectivity index (χ3n) is 4.24. The lowest BCUT2D eigenvalue weighted by Crippen LogP contribution is -2.34. The van der Waals surface area contributed by atoms with Crippen LogP contribution in [-0.4, -0.2) is 45.3 Å². The van der Waals surface area contributed by atoms with Gasteiger partial charge in [-0.05, 0) is 49.7 Å². The average Bonchev–Trinajstić information content (AvgIpc) is 3.06. The minimum atomic E-state index is -0.302. The topological polar surface area (TPSA) is 80.1 Å².